The molecule has 1 aliphatic heterocycles. The number of carboxylic acids is 1. The molecule has 114 valence electrons. The fraction of sp³-hybridized carbons (Fsp3) is 0.769. The van der Waals surface area contributed by atoms with Crippen molar-refractivity contribution in [3.05, 3.63) is 0 Å². The first-order valence-electron chi connectivity index (χ1n) is 6.65. The van der Waals surface area contributed by atoms with E-state index in [4.69, 9.17) is 0 Å². The zero-order valence-electron chi connectivity index (χ0n) is 12.4. The summed E-state index contributed by atoms with van der Waals surface area (Å²) >= 11 is 0. The number of nitrogens with one attached hydrogen (secondary N) is 2. The molecule has 0 aromatic carbocycles. The van der Waals surface area contributed by atoms with Gasteiger partial charge in [0.05, 0.1) is 11.0 Å². The zero-order valence-corrected chi connectivity index (χ0v) is 12.4. The van der Waals surface area contributed by atoms with E-state index in [1.165, 1.54) is 4.90 Å². The minimum Gasteiger partial charge on any atom is -0.481 e. The fourth-order valence-electron chi connectivity index (χ4n) is 1.75. The van der Waals surface area contributed by atoms with Gasteiger partial charge in [-0.1, -0.05) is 0 Å². The van der Waals surface area contributed by atoms with Gasteiger partial charge in [-0.3, -0.25) is 9.59 Å². The van der Waals surface area contributed by atoms with E-state index in [0.717, 1.165) is 0 Å². The Labute approximate surface area is 118 Å². The van der Waals surface area contributed by atoms with E-state index in [0.29, 0.717) is 19.5 Å². The highest BCUT2D eigenvalue weighted by molar-refractivity contribution is 5.85. The maximum atomic E-state index is 12.2. The van der Waals surface area contributed by atoms with Gasteiger partial charge in [-0.2, -0.15) is 0 Å². The predicted octanol–water partition coefficient (Wildman–Crippen LogP) is 0.407. The summed E-state index contributed by atoms with van der Waals surface area (Å²) in [6, 6.07) is -0.415. The van der Waals surface area contributed by atoms with Crippen LogP contribution in [0.4, 0.5) is 4.79 Å². The van der Waals surface area contributed by atoms with Crippen molar-refractivity contribution in [1.82, 2.24) is 15.5 Å². The van der Waals surface area contributed by atoms with E-state index in [9.17, 15) is 19.5 Å². The molecule has 1 saturated heterocycles. The van der Waals surface area contributed by atoms with Crippen molar-refractivity contribution >= 4 is 17.9 Å². The number of rotatable bonds is 3. The van der Waals surface area contributed by atoms with Crippen LogP contribution < -0.4 is 10.6 Å². The van der Waals surface area contributed by atoms with Gasteiger partial charge in [-0.05, 0) is 34.1 Å². The van der Waals surface area contributed by atoms with Crippen molar-refractivity contribution in [3.8, 4) is 0 Å². The molecule has 0 aromatic rings. The Hall–Kier alpha value is -1.79. The molecule has 3 N–H and O–H groups in total. The largest absolute Gasteiger partial charge is 0.481 e. The van der Waals surface area contributed by atoms with Gasteiger partial charge in [-0.25, -0.2) is 4.79 Å². The van der Waals surface area contributed by atoms with Crippen LogP contribution >= 0.6 is 0 Å². The molecule has 1 aliphatic rings. The molecule has 20 heavy (non-hydrogen) atoms. The predicted molar refractivity (Wildman–Crippen MR) is 73.2 cm³/mol. The Morgan fingerprint density at radius 1 is 1.30 bits per heavy atom. The van der Waals surface area contributed by atoms with Gasteiger partial charge in [-0.15, -0.1) is 0 Å². The van der Waals surface area contributed by atoms with Gasteiger partial charge in [0.15, 0.2) is 0 Å². The molecule has 0 atom stereocenters. The van der Waals surface area contributed by atoms with Gasteiger partial charge < -0.3 is 20.6 Å². The van der Waals surface area contributed by atoms with Crippen molar-refractivity contribution in [1.29, 1.82) is 0 Å². The van der Waals surface area contributed by atoms with Gasteiger partial charge in [0.2, 0.25) is 5.91 Å². The van der Waals surface area contributed by atoms with Crippen LogP contribution in [0.1, 0.15) is 34.1 Å². The second-order valence-electron chi connectivity index (χ2n) is 6.11. The van der Waals surface area contributed by atoms with E-state index in [1.807, 2.05) is 0 Å². The molecule has 0 aliphatic carbocycles. The normalized spacial score (nSPS) is 17.2. The van der Waals surface area contributed by atoms with Crippen molar-refractivity contribution in [3.63, 3.8) is 0 Å². The molecule has 7 nitrogen and oxygen atoms in total. The number of amides is 3. The monoisotopic (exact) mass is 285 g/mol. The lowest BCUT2D eigenvalue weighted by atomic mass is 9.74. The Bertz CT molecular complexity index is 418. The molecule has 3 amide bonds. The highest BCUT2D eigenvalue weighted by Gasteiger charge is 2.45. The summed E-state index contributed by atoms with van der Waals surface area (Å²) in [5, 5.41) is 14.7. The maximum absolute atomic E-state index is 12.2. The maximum Gasteiger partial charge on any atom is 0.318 e. The third-order valence-electron chi connectivity index (χ3n) is 4.07. The average Bonchev–Trinajstić information content (AvgIpc) is 2.52. The van der Waals surface area contributed by atoms with Crippen molar-refractivity contribution in [2.75, 3.05) is 19.6 Å². The van der Waals surface area contributed by atoms with Crippen LogP contribution in [0.3, 0.4) is 0 Å². The number of carbonyl (C=O) groups is 3. The second-order valence-corrected chi connectivity index (χ2v) is 6.11. The average molecular weight is 285 g/mol. The molecular weight excluding hydrogens is 262 g/mol. The Kier molecular flexibility index (Phi) is 4.62. The summed E-state index contributed by atoms with van der Waals surface area (Å²) in [6.45, 7) is 7.46. The Balaban J connectivity index is 2.78. The fourth-order valence-corrected chi connectivity index (χ4v) is 1.75. The molecule has 0 unspecified atom stereocenters. The van der Waals surface area contributed by atoms with Crippen LogP contribution in [-0.4, -0.2) is 53.1 Å². The number of hydrogen-bond acceptors (Lipinski definition) is 3. The number of nitrogens with zero attached hydrogens (tertiary/aromatic N) is 1. The lowest BCUT2D eigenvalue weighted by molar-refractivity contribution is -0.150. The Morgan fingerprint density at radius 3 is 2.45 bits per heavy atom. The van der Waals surface area contributed by atoms with Crippen molar-refractivity contribution < 1.29 is 19.5 Å². The van der Waals surface area contributed by atoms with E-state index in [-0.39, 0.29) is 12.5 Å². The molecule has 1 rings (SSSR count). The summed E-state index contributed by atoms with van der Waals surface area (Å²) in [7, 11) is 0. The molecular formula is C13H23N3O4. The van der Waals surface area contributed by atoms with E-state index in [1.54, 1.807) is 27.7 Å². The SMILES string of the molecule is CC(C)(NC(=O)N1CCCNC(=O)C1)C(C)(C)C(=O)O. The van der Waals surface area contributed by atoms with Gasteiger partial charge in [0.25, 0.3) is 0 Å². The third-order valence-corrected chi connectivity index (χ3v) is 4.07. The summed E-state index contributed by atoms with van der Waals surface area (Å²) in [4.78, 5) is 36.4. The minimum atomic E-state index is -1.13. The van der Waals surface area contributed by atoms with Crippen molar-refractivity contribution in [2.45, 2.75) is 39.7 Å². The van der Waals surface area contributed by atoms with E-state index in [2.05, 4.69) is 10.6 Å². The molecule has 0 radical (unpaired) electrons. The van der Waals surface area contributed by atoms with Crippen LogP contribution in [-0.2, 0) is 9.59 Å². The number of carboxylic acid groups (broad SMARTS) is 1. The van der Waals surface area contributed by atoms with Crippen LogP contribution in [0.5, 0.6) is 0 Å². The van der Waals surface area contributed by atoms with E-state index < -0.39 is 23.0 Å². The summed E-state index contributed by atoms with van der Waals surface area (Å²) < 4.78 is 0. The number of urea groups is 1. The first kappa shape index (κ1) is 16.3. The summed E-state index contributed by atoms with van der Waals surface area (Å²) in [6.07, 6.45) is 0.682. The summed E-state index contributed by atoms with van der Waals surface area (Å²) in [5.41, 5.74) is -2.07. The minimum absolute atomic E-state index is 0.00455. The van der Waals surface area contributed by atoms with Crippen molar-refractivity contribution in [2.24, 2.45) is 5.41 Å². The lowest BCUT2D eigenvalue weighted by Crippen LogP contribution is -2.60. The molecule has 7 heteroatoms. The number of carbonyl (C=O) groups excluding carboxylic acids is 2. The first-order valence-corrected chi connectivity index (χ1v) is 6.65. The van der Waals surface area contributed by atoms with Crippen LogP contribution in [0.2, 0.25) is 0 Å². The Morgan fingerprint density at radius 2 is 1.90 bits per heavy atom. The molecule has 0 spiro atoms. The number of hydrogen-bond donors (Lipinski definition) is 3. The molecule has 1 fully saturated rings. The molecule has 1 heterocycles. The van der Waals surface area contributed by atoms with Gasteiger partial charge >= 0.3 is 12.0 Å². The standard InChI is InChI=1S/C13H23N3O4/c1-12(2,10(18)19)13(3,4)15-11(20)16-7-5-6-14-9(17)8-16/h5-8H2,1-4H3,(H,14,17)(H,15,20)(H,18,19). The summed E-state index contributed by atoms with van der Waals surface area (Å²) in [5.74, 6) is -1.19. The second kappa shape index (κ2) is 5.68. The number of aliphatic carboxylic acids is 1. The highest BCUT2D eigenvalue weighted by Crippen LogP contribution is 2.30. The zero-order chi connectivity index (χ0) is 15.6. The van der Waals surface area contributed by atoms with Gasteiger partial charge in [0.1, 0.15) is 6.54 Å². The van der Waals surface area contributed by atoms with Gasteiger partial charge in [0, 0.05) is 13.1 Å². The molecule has 0 bridgehead atoms. The molecule has 0 aromatic heterocycles. The van der Waals surface area contributed by atoms with Crippen LogP contribution in [0, 0.1) is 5.41 Å². The topological polar surface area (TPSA) is 98.7 Å². The quantitative estimate of drug-likeness (QED) is 0.699. The van der Waals surface area contributed by atoms with E-state index >= 15 is 0 Å². The molecule has 0 saturated carbocycles. The first-order chi connectivity index (χ1) is 9.08. The van der Waals surface area contributed by atoms with Crippen LogP contribution in [0.25, 0.3) is 0 Å². The lowest BCUT2D eigenvalue weighted by Gasteiger charge is -2.40. The smallest absolute Gasteiger partial charge is 0.318 e. The highest BCUT2D eigenvalue weighted by atomic mass is 16.4. The van der Waals surface area contributed by atoms with Crippen LogP contribution in [0.15, 0.2) is 0 Å². The third kappa shape index (κ3) is 3.40.